The van der Waals surface area contributed by atoms with Crippen LogP contribution in [0.5, 0.6) is 11.5 Å². The maximum Gasteiger partial charge on any atom is 0.175 e. The predicted molar refractivity (Wildman–Crippen MR) is 68.7 cm³/mol. The molecule has 0 aliphatic heterocycles. The lowest BCUT2D eigenvalue weighted by molar-refractivity contribution is -0.107. The van der Waals surface area contributed by atoms with Gasteiger partial charge < -0.3 is 14.3 Å². The van der Waals surface area contributed by atoms with Crippen LogP contribution in [0.4, 0.5) is 0 Å². The number of rotatable bonds is 6. The van der Waals surface area contributed by atoms with Crippen LogP contribution in [0.1, 0.15) is 24.8 Å². The van der Waals surface area contributed by atoms with Crippen molar-refractivity contribution in [2.75, 3.05) is 7.11 Å². The van der Waals surface area contributed by atoms with Crippen LogP contribution in [0.25, 0.3) is 0 Å². The van der Waals surface area contributed by atoms with Crippen molar-refractivity contribution < 1.29 is 14.3 Å². The van der Waals surface area contributed by atoms with Crippen LogP contribution in [0.15, 0.2) is 16.6 Å². The van der Waals surface area contributed by atoms with Crippen molar-refractivity contribution in [2.24, 2.45) is 0 Å². The molecule has 92 valence electrons. The maximum absolute atomic E-state index is 10.4. The van der Waals surface area contributed by atoms with Gasteiger partial charge in [0.1, 0.15) is 6.29 Å². The van der Waals surface area contributed by atoms with Crippen LogP contribution in [-0.2, 0) is 11.2 Å². The molecule has 1 saturated carbocycles. The zero-order valence-corrected chi connectivity index (χ0v) is 11.3. The molecule has 2 rings (SSSR count). The minimum absolute atomic E-state index is 0.334. The minimum atomic E-state index is 0.334. The summed E-state index contributed by atoms with van der Waals surface area (Å²) >= 11 is 3.49. The van der Waals surface area contributed by atoms with E-state index in [-0.39, 0.29) is 0 Å². The standard InChI is InChI=1S/C13H15BrO3/c1-16-12-8-9(3-2-6-15)7-11(14)13(12)17-10-4-5-10/h6-8,10H,2-5H2,1H3. The lowest BCUT2D eigenvalue weighted by Crippen LogP contribution is -2.00. The van der Waals surface area contributed by atoms with E-state index in [1.165, 1.54) is 0 Å². The van der Waals surface area contributed by atoms with E-state index in [0.29, 0.717) is 12.5 Å². The number of halogens is 1. The van der Waals surface area contributed by atoms with Crippen molar-refractivity contribution in [2.45, 2.75) is 31.8 Å². The molecule has 0 N–H and O–H groups in total. The average Bonchev–Trinajstić information content (AvgIpc) is 3.13. The second-order valence-corrected chi connectivity index (χ2v) is 4.99. The molecule has 0 amide bonds. The van der Waals surface area contributed by atoms with E-state index in [9.17, 15) is 4.79 Å². The van der Waals surface area contributed by atoms with Gasteiger partial charge in [0, 0.05) is 6.42 Å². The zero-order chi connectivity index (χ0) is 12.3. The number of methoxy groups -OCH3 is 1. The van der Waals surface area contributed by atoms with E-state index < -0.39 is 0 Å². The first-order valence-corrected chi connectivity index (χ1v) is 6.50. The Hall–Kier alpha value is -1.03. The van der Waals surface area contributed by atoms with Crippen molar-refractivity contribution in [3.05, 3.63) is 22.2 Å². The fraction of sp³-hybridized carbons (Fsp3) is 0.462. The molecule has 1 fully saturated rings. The molecule has 0 radical (unpaired) electrons. The lowest BCUT2D eigenvalue weighted by atomic mass is 10.1. The van der Waals surface area contributed by atoms with Gasteiger partial charge in [-0.25, -0.2) is 0 Å². The van der Waals surface area contributed by atoms with Crippen LogP contribution < -0.4 is 9.47 Å². The number of carbonyl (C=O) groups excluding carboxylic acids is 1. The monoisotopic (exact) mass is 298 g/mol. The molecule has 1 aliphatic rings. The molecule has 0 spiro atoms. The second-order valence-electron chi connectivity index (χ2n) is 4.13. The number of ether oxygens (including phenoxy) is 2. The largest absolute Gasteiger partial charge is 0.493 e. The Kier molecular flexibility index (Phi) is 4.05. The molecule has 0 saturated heterocycles. The minimum Gasteiger partial charge on any atom is -0.493 e. The summed E-state index contributed by atoms with van der Waals surface area (Å²) < 4.78 is 12.0. The Morgan fingerprint density at radius 3 is 2.82 bits per heavy atom. The van der Waals surface area contributed by atoms with E-state index in [4.69, 9.17) is 9.47 Å². The van der Waals surface area contributed by atoms with E-state index in [1.54, 1.807) is 7.11 Å². The molecule has 0 heterocycles. The number of hydrogen-bond acceptors (Lipinski definition) is 3. The third-order valence-electron chi connectivity index (χ3n) is 2.65. The van der Waals surface area contributed by atoms with Gasteiger partial charge in [-0.05, 0) is 52.9 Å². The first-order chi connectivity index (χ1) is 8.24. The number of carbonyl (C=O) groups is 1. The Bertz CT molecular complexity index is 413. The summed E-state index contributed by atoms with van der Waals surface area (Å²) in [6.45, 7) is 0. The molecule has 1 aliphatic carbocycles. The van der Waals surface area contributed by atoms with Crippen LogP contribution in [0, 0.1) is 0 Å². The smallest absolute Gasteiger partial charge is 0.175 e. The Balaban J connectivity index is 2.22. The molecule has 4 heteroatoms. The van der Waals surface area contributed by atoms with Crippen molar-refractivity contribution in [3.8, 4) is 11.5 Å². The Morgan fingerprint density at radius 2 is 2.24 bits per heavy atom. The van der Waals surface area contributed by atoms with Gasteiger partial charge in [-0.2, -0.15) is 0 Å². The SMILES string of the molecule is COc1cc(CCC=O)cc(Br)c1OC1CC1. The van der Waals surface area contributed by atoms with Crippen molar-refractivity contribution in [3.63, 3.8) is 0 Å². The summed E-state index contributed by atoms with van der Waals surface area (Å²) in [5.74, 6) is 1.50. The molecular weight excluding hydrogens is 284 g/mol. The highest BCUT2D eigenvalue weighted by Gasteiger charge is 2.26. The predicted octanol–water partition coefficient (Wildman–Crippen LogP) is 3.13. The molecule has 1 aromatic rings. The van der Waals surface area contributed by atoms with Crippen LogP contribution >= 0.6 is 15.9 Å². The van der Waals surface area contributed by atoms with Gasteiger partial charge in [0.15, 0.2) is 11.5 Å². The Labute approximate surface area is 109 Å². The average molecular weight is 299 g/mol. The van der Waals surface area contributed by atoms with Crippen molar-refractivity contribution >= 4 is 22.2 Å². The third-order valence-corrected chi connectivity index (χ3v) is 3.24. The summed E-state index contributed by atoms with van der Waals surface area (Å²) in [7, 11) is 1.63. The summed E-state index contributed by atoms with van der Waals surface area (Å²) in [6, 6.07) is 3.93. The summed E-state index contributed by atoms with van der Waals surface area (Å²) in [5.41, 5.74) is 1.07. The number of benzene rings is 1. The van der Waals surface area contributed by atoms with Gasteiger partial charge in [-0.15, -0.1) is 0 Å². The fourth-order valence-corrected chi connectivity index (χ4v) is 2.19. The van der Waals surface area contributed by atoms with Gasteiger partial charge in [-0.1, -0.05) is 0 Å². The number of aldehydes is 1. The molecule has 1 aromatic carbocycles. The van der Waals surface area contributed by atoms with Gasteiger partial charge >= 0.3 is 0 Å². The van der Waals surface area contributed by atoms with Gasteiger partial charge in [-0.3, -0.25) is 0 Å². The van der Waals surface area contributed by atoms with Crippen LogP contribution in [-0.4, -0.2) is 19.5 Å². The molecule has 0 unspecified atom stereocenters. The fourth-order valence-electron chi connectivity index (χ4n) is 1.61. The topological polar surface area (TPSA) is 35.5 Å². The maximum atomic E-state index is 10.4. The number of aryl methyl sites for hydroxylation is 1. The Morgan fingerprint density at radius 1 is 1.47 bits per heavy atom. The molecule has 0 atom stereocenters. The van der Waals surface area contributed by atoms with E-state index in [1.807, 2.05) is 12.1 Å². The molecular formula is C13H15BrO3. The van der Waals surface area contributed by atoms with Gasteiger partial charge in [0.2, 0.25) is 0 Å². The quantitative estimate of drug-likeness (QED) is 0.757. The molecule has 3 nitrogen and oxygen atoms in total. The van der Waals surface area contributed by atoms with E-state index >= 15 is 0 Å². The van der Waals surface area contributed by atoms with Crippen LogP contribution in [0.3, 0.4) is 0 Å². The normalized spacial score (nSPS) is 14.5. The lowest BCUT2D eigenvalue weighted by Gasteiger charge is -2.13. The molecule has 17 heavy (non-hydrogen) atoms. The highest BCUT2D eigenvalue weighted by Crippen LogP contribution is 2.40. The summed E-state index contributed by atoms with van der Waals surface area (Å²) in [4.78, 5) is 10.4. The first-order valence-electron chi connectivity index (χ1n) is 5.71. The van der Waals surface area contributed by atoms with E-state index in [0.717, 1.165) is 47.1 Å². The van der Waals surface area contributed by atoms with Gasteiger partial charge in [0.05, 0.1) is 17.7 Å². The van der Waals surface area contributed by atoms with Crippen molar-refractivity contribution in [1.82, 2.24) is 0 Å². The van der Waals surface area contributed by atoms with Crippen molar-refractivity contribution in [1.29, 1.82) is 0 Å². The molecule has 0 aromatic heterocycles. The second kappa shape index (κ2) is 5.54. The van der Waals surface area contributed by atoms with Gasteiger partial charge in [0.25, 0.3) is 0 Å². The summed E-state index contributed by atoms with van der Waals surface area (Å²) in [5, 5.41) is 0. The summed E-state index contributed by atoms with van der Waals surface area (Å²) in [6.07, 6.45) is 4.74. The highest BCUT2D eigenvalue weighted by atomic mass is 79.9. The zero-order valence-electron chi connectivity index (χ0n) is 9.74. The number of hydrogen-bond donors (Lipinski definition) is 0. The highest BCUT2D eigenvalue weighted by molar-refractivity contribution is 9.10. The third kappa shape index (κ3) is 3.22. The van der Waals surface area contributed by atoms with E-state index in [2.05, 4.69) is 15.9 Å². The molecule has 0 bridgehead atoms. The van der Waals surface area contributed by atoms with Crippen LogP contribution in [0.2, 0.25) is 0 Å². The first kappa shape index (κ1) is 12.4.